The van der Waals surface area contributed by atoms with E-state index in [1.165, 1.54) is 0 Å². The van der Waals surface area contributed by atoms with Gasteiger partial charge < -0.3 is 20.9 Å². The molecular weight excluding hydrogens is 328 g/mol. The van der Waals surface area contributed by atoms with Crippen molar-refractivity contribution in [1.82, 2.24) is 9.97 Å². The standard InChI is InChI=1S/C20H22N4O2/c21-9-11-25-17-5-1-15(2-6-17)19-13-23-14-20(24-19)16-3-7-18(8-4-16)26-12-10-22/h1-8,13-14H,9-12,21-22H2. The predicted octanol–water partition coefficient (Wildman–Crippen LogP) is 2.49. The molecule has 0 saturated heterocycles. The van der Waals surface area contributed by atoms with Crippen molar-refractivity contribution in [3.05, 3.63) is 60.9 Å². The Hall–Kier alpha value is -2.96. The zero-order chi connectivity index (χ0) is 18.2. The summed E-state index contributed by atoms with van der Waals surface area (Å²) in [6.07, 6.45) is 3.50. The summed E-state index contributed by atoms with van der Waals surface area (Å²) >= 11 is 0. The first-order chi connectivity index (χ1) is 12.8. The largest absolute Gasteiger partial charge is 0.492 e. The van der Waals surface area contributed by atoms with Crippen molar-refractivity contribution in [3.8, 4) is 34.0 Å². The molecule has 0 spiro atoms. The molecule has 0 unspecified atom stereocenters. The van der Waals surface area contributed by atoms with Gasteiger partial charge in [0.05, 0.1) is 23.8 Å². The third kappa shape index (κ3) is 4.56. The maximum atomic E-state index is 5.50. The Morgan fingerprint density at radius 2 is 1.08 bits per heavy atom. The fourth-order valence-electron chi connectivity index (χ4n) is 2.44. The van der Waals surface area contributed by atoms with Crippen LogP contribution < -0.4 is 20.9 Å². The van der Waals surface area contributed by atoms with Crippen LogP contribution in [0.2, 0.25) is 0 Å². The van der Waals surface area contributed by atoms with Gasteiger partial charge in [-0.3, -0.25) is 4.98 Å². The lowest BCUT2D eigenvalue weighted by atomic mass is 10.1. The molecule has 3 rings (SSSR count). The molecule has 4 N–H and O–H groups in total. The van der Waals surface area contributed by atoms with Crippen LogP contribution >= 0.6 is 0 Å². The predicted molar refractivity (Wildman–Crippen MR) is 102 cm³/mol. The molecule has 1 aromatic heterocycles. The van der Waals surface area contributed by atoms with Gasteiger partial charge in [-0.25, -0.2) is 4.98 Å². The molecule has 26 heavy (non-hydrogen) atoms. The van der Waals surface area contributed by atoms with Crippen LogP contribution in [0.3, 0.4) is 0 Å². The van der Waals surface area contributed by atoms with Gasteiger partial charge in [-0.05, 0) is 48.5 Å². The first-order valence-corrected chi connectivity index (χ1v) is 8.49. The molecule has 0 aliphatic carbocycles. The minimum Gasteiger partial charge on any atom is -0.492 e. The van der Waals surface area contributed by atoms with Crippen molar-refractivity contribution >= 4 is 0 Å². The van der Waals surface area contributed by atoms with Gasteiger partial charge in [0, 0.05) is 24.2 Å². The molecule has 0 radical (unpaired) electrons. The summed E-state index contributed by atoms with van der Waals surface area (Å²) in [4.78, 5) is 9.04. The number of rotatable bonds is 8. The molecule has 0 amide bonds. The molecule has 0 saturated carbocycles. The van der Waals surface area contributed by atoms with Crippen LogP contribution in [0, 0.1) is 0 Å². The molecule has 0 atom stereocenters. The molecule has 2 aromatic carbocycles. The Morgan fingerprint density at radius 1 is 0.654 bits per heavy atom. The Balaban J connectivity index is 1.77. The van der Waals surface area contributed by atoms with Crippen LogP contribution in [-0.4, -0.2) is 36.3 Å². The van der Waals surface area contributed by atoms with Crippen molar-refractivity contribution in [2.24, 2.45) is 11.5 Å². The minimum absolute atomic E-state index is 0.491. The molecule has 0 fully saturated rings. The maximum Gasteiger partial charge on any atom is 0.119 e. The molecule has 3 aromatic rings. The molecule has 6 heteroatoms. The van der Waals surface area contributed by atoms with E-state index in [9.17, 15) is 0 Å². The summed E-state index contributed by atoms with van der Waals surface area (Å²) in [6, 6.07) is 15.5. The second kappa shape index (κ2) is 8.94. The van der Waals surface area contributed by atoms with Gasteiger partial charge in [0.2, 0.25) is 0 Å². The lowest BCUT2D eigenvalue weighted by molar-refractivity contribution is 0.328. The molecule has 1 heterocycles. The SMILES string of the molecule is NCCOc1ccc(-c2cncc(-c3ccc(OCCN)cc3)n2)cc1. The quantitative estimate of drug-likeness (QED) is 0.648. The number of aromatic nitrogens is 2. The summed E-state index contributed by atoms with van der Waals surface area (Å²) < 4.78 is 11.0. The van der Waals surface area contributed by atoms with Gasteiger partial charge >= 0.3 is 0 Å². The summed E-state index contributed by atoms with van der Waals surface area (Å²) in [5.74, 6) is 1.58. The smallest absolute Gasteiger partial charge is 0.119 e. The fourth-order valence-corrected chi connectivity index (χ4v) is 2.44. The Bertz CT molecular complexity index is 753. The summed E-state index contributed by atoms with van der Waals surface area (Å²) in [7, 11) is 0. The summed E-state index contributed by atoms with van der Waals surface area (Å²) in [5.41, 5.74) is 14.4. The fraction of sp³-hybridized carbons (Fsp3) is 0.200. The monoisotopic (exact) mass is 350 g/mol. The second-order valence-electron chi connectivity index (χ2n) is 5.61. The van der Waals surface area contributed by atoms with E-state index in [0.29, 0.717) is 26.3 Å². The Labute approximate surface area is 152 Å². The van der Waals surface area contributed by atoms with E-state index >= 15 is 0 Å². The normalized spacial score (nSPS) is 10.5. The topological polar surface area (TPSA) is 96.3 Å². The van der Waals surface area contributed by atoms with Crippen LogP contribution in [0.5, 0.6) is 11.5 Å². The van der Waals surface area contributed by atoms with E-state index in [4.69, 9.17) is 25.9 Å². The highest BCUT2D eigenvalue weighted by Gasteiger charge is 2.05. The number of nitrogens with zero attached hydrogens (tertiary/aromatic N) is 2. The van der Waals surface area contributed by atoms with Gasteiger partial charge in [-0.1, -0.05) is 0 Å². The van der Waals surface area contributed by atoms with E-state index in [0.717, 1.165) is 34.0 Å². The number of hydrogen-bond donors (Lipinski definition) is 2. The van der Waals surface area contributed by atoms with Gasteiger partial charge in [0.15, 0.2) is 0 Å². The molecular formula is C20H22N4O2. The maximum absolute atomic E-state index is 5.50. The third-order valence-corrected chi connectivity index (χ3v) is 3.71. The highest BCUT2D eigenvalue weighted by Crippen LogP contribution is 2.24. The molecule has 0 bridgehead atoms. The lowest BCUT2D eigenvalue weighted by Gasteiger charge is -2.08. The zero-order valence-corrected chi connectivity index (χ0v) is 14.5. The van der Waals surface area contributed by atoms with E-state index in [2.05, 4.69) is 4.98 Å². The number of benzene rings is 2. The molecule has 0 aliphatic rings. The van der Waals surface area contributed by atoms with E-state index in [1.807, 2.05) is 48.5 Å². The summed E-state index contributed by atoms with van der Waals surface area (Å²) in [5, 5.41) is 0. The van der Waals surface area contributed by atoms with Crippen molar-refractivity contribution in [3.63, 3.8) is 0 Å². The van der Waals surface area contributed by atoms with Gasteiger partial charge in [-0.2, -0.15) is 0 Å². The average molecular weight is 350 g/mol. The van der Waals surface area contributed by atoms with Gasteiger partial charge in [0.25, 0.3) is 0 Å². The lowest BCUT2D eigenvalue weighted by Crippen LogP contribution is -2.10. The van der Waals surface area contributed by atoms with Gasteiger partial charge in [0.1, 0.15) is 24.7 Å². The number of hydrogen-bond acceptors (Lipinski definition) is 6. The summed E-state index contributed by atoms with van der Waals surface area (Å²) in [6.45, 7) is 1.98. The Kier molecular flexibility index (Phi) is 6.14. The first kappa shape index (κ1) is 17.8. The molecule has 134 valence electrons. The van der Waals surface area contributed by atoms with Crippen molar-refractivity contribution in [1.29, 1.82) is 0 Å². The van der Waals surface area contributed by atoms with Crippen LogP contribution in [-0.2, 0) is 0 Å². The molecule has 0 aliphatic heterocycles. The number of ether oxygens (including phenoxy) is 2. The molecule has 6 nitrogen and oxygen atoms in total. The van der Waals surface area contributed by atoms with Crippen LogP contribution in [0.4, 0.5) is 0 Å². The van der Waals surface area contributed by atoms with Crippen LogP contribution in [0.25, 0.3) is 22.5 Å². The van der Waals surface area contributed by atoms with E-state index in [-0.39, 0.29) is 0 Å². The zero-order valence-electron chi connectivity index (χ0n) is 14.5. The Morgan fingerprint density at radius 3 is 1.46 bits per heavy atom. The number of nitrogens with two attached hydrogens (primary N) is 2. The van der Waals surface area contributed by atoms with Crippen LogP contribution in [0.15, 0.2) is 60.9 Å². The van der Waals surface area contributed by atoms with E-state index < -0.39 is 0 Å². The minimum atomic E-state index is 0.491. The third-order valence-electron chi connectivity index (χ3n) is 3.71. The first-order valence-electron chi connectivity index (χ1n) is 8.49. The highest BCUT2D eigenvalue weighted by molar-refractivity contribution is 5.65. The van der Waals surface area contributed by atoms with Crippen molar-refractivity contribution in [2.45, 2.75) is 0 Å². The van der Waals surface area contributed by atoms with E-state index in [1.54, 1.807) is 12.4 Å². The average Bonchev–Trinajstić information content (AvgIpc) is 2.71. The van der Waals surface area contributed by atoms with Crippen molar-refractivity contribution < 1.29 is 9.47 Å². The van der Waals surface area contributed by atoms with Gasteiger partial charge in [-0.15, -0.1) is 0 Å². The highest BCUT2D eigenvalue weighted by atomic mass is 16.5. The second-order valence-corrected chi connectivity index (χ2v) is 5.61. The van der Waals surface area contributed by atoms with Crippen LogP contribution in [0.1, 0.15) is 0 Å². The van der Waals surface area contributed by atoms with Crippen molar-refractivity contribution in [2.75, 3.05) is 26.3 Å².